The van der Waals surface area contributed by atoms with Crippen LogP contribution in [0.15, 0.2) is 30.3 Å². The average Bonchev–Trinajstić information content (AvgIpc) is 2.38. The van der Waals surface area contributed by atoms with Crippen LogP contribution in [0, 0.1) is 5.92 Å². The van der Waals surface area contributed by atoms with Gasteiger partial charge in [0.05, 0.1) is 0 Å². The number of halogens is 2. The van der Waals surface area contributed by atoms with Gasteiger partial charge in [0.15, 0.2) is 0 Å². The molecule has 1 aliphatic rings. The van der Waals surface area contributed by atoms with Crippen LogP contribution in [-0.4, -0.2) is 12.5 Å². The molecule has 1 aromatic rings. The lowest BCUT2D eigenvalue weighted by molar-refractivity contribution is -0.0487. The van der Waals surface area contributed by atoms with E-state index in [1.807, 2.05) is 18.2 Å². The zero-order valence-electron chi connectivity index (χ0n) is 10.6. The first-order valence-corrected chi connectivity index (χ1v) is 6.75. The average molecular weight is 253 g/mol. The number of hydrogen-bond donors (Lipinski definition) is 1. The molecule has 1 aromatic carbocycles. The van der Waals surface area contributed by atoms with Crippen molar-refractivity contribution in [2.45, 2.75) is 43.9 Å². The van der Waals surface area contributed by atoms with Crippen LogP contribution in [0.3, 0.4) is 0 Å². The fourth-order valence-corrected chi connectivity index (χ4v) is 3.02. The van der Waals surface area contributed by atoms with Gasteiger partial charge in [-0.25, -0.2) is 8.78 Å². The summed E-state index contributed by atoms with van der Waals surface area (Å²) < 4.78 is 26.4. The summed E-state index contributed by atoms with van der Waals surface area (Å²) >= 11 is 0. The molecule has 1 aliphatic carbocycles. The van der Waals surface area contributed by atoms with E-state index in [1.165, 1.54) is 5.56 Å². The van der Waals surface area contributed by atoms with Gasteiger partial charge in [-0.1, -0.05) is 30.3 Å². The first kappa shape index (κ1) is 13.5. The van der Waals surface area contributed by atoms with Gasteiger partial charge in [-0.15, -0.1) is 0 Å². The van der Waals surface area contributed by atoms with Crippen molar-refractivity contribution in [2.24, 2.45) is 11.7 Å². The Balaban J connectivity index is 2.07. The molecule has 0 radical (unpaired) electrons. The molecule has 2 N–H and O–H groups in total. The fraction of sp³-hybridized carbons (Fsp3) is 0.600. The zero-order valence-corrected chi connectivity index (χ0v) is 10.6. The second-order valence-electron chi connectivity index (χ2n) is 5.29. The molecule has 1 nitrogen and oxygen atoms in total. The van der Waals surface area contributed by atoms with E-state index in [1.54, 1.807) is 0 Å². The van der Waals surface area contributed by atoms with Crippen LogP contribution in [0.1, 0.15) is 43.6 Å². The van der Waals surface area contributed by atoms with Crippen LogP contribution in [0.2, 0.25) is 0 Å². The van der Waals surface area contributed by atoms with E-state index >= 15 is 0 Å². The first-order chi connectivity index (χ1) is 8.62. The number of alkyl halides is 2. The van der Waals surface area contributed by atoms with Crippen molar-refractivity contribution in [1.29, 1.82) is 0 Å². The number of benzene rings is 1. The van der Waals surface area contributed by atoms with Crippen molar-refractivity contribution in [3.63, 3.8) is 0 Å². The highest BCUT2D eigenvalue weighted by molar-refractivity contribution is 5.20. The Labute approximate surface area is 107 Å². The summed E-state index contributed by atoms with van der Waals surface area (Å²) in [6.07, 6.45) is 2.19. The summed E-state index contributed by atoms with van der Waals surface area (Å²) in [7, 11) is 0. The maximum atomic E-state index is 13.2. The Kier molecular flexibility index (Phi) is 4.33. The van der Waals surface area contributed by atoms with E-state index in [9.17, 15) is 8.78 Å². The summed E-state index contributed by atoms with van der Waals surface area (Å²) in [6.45, 7) is 0.618. The molecule has 0 aliphatic heterocycles. The molecule has 1 unspecified atom stereocenters. The van der Waals surface area contributed by atoms with Crippen molar-refractivity contribution in [1.82, 2.24) is 0 Å². The standard InChI is InChI=1S/C15H21F2N/c16-15(17)9-6-13(7-10-15)14(8-11-18)12-4-2-1-3-5-12/h1-5,13-14H,6-11,18H2. The summed E-state index contributed by atoms with van der Waals surface area (Å²) in [4.78, 5) is 0. The van der Waals surface area contributed by atoms with E-state index in [0.29, 0.717) is 31.2 Å². The quantitative estimate of drug-likeness (QED) is 0.864. The van der Waals surface area contributed by atoms with Crippen molar-refractivity contribution >= 4 is 0 Å². The normalized spacial score (nSPS) is 21.7. The Morgan fingerprint density at radius 1 is 1.17 bits per heavy atom. The smallest absolute Gasteiger partial charge is 0.248 e. The fourth-order valence-electron chi connectivity index (χ4n) is 3.02. The second kappa shape index (κ2) is 5.79. The lowest BCUT2D eigenvalue weighted by Crippen LogP contribution is -2.28. The molecule has 0 heterocycles. The monoisotopic (exact) mass is 253 g/mol. The van der Waals surface area contributed by atoms with Gasteiger partial charge in [-0.3, -0.25) is 0 Å². The molecular weight excluding hydrogens is 232 g/mol. The zero-order chi connectivity index (χ0) is 13.0. The molecule has 3 heteroatoms. The summed E-state index contributed by atoms with van der Waals surface area (Å²) in [5, 5.41) is 0. The van der Waals surface area contributed by atoms with Gasteiger partial charge >= 0.3 is 0 Å². The van der Waals surface area contributed by atoms with Crippen molar-refractivity contribution in [2.75, 3.05) is 6.54 Å². The third-order valence-corrected chi connectivity index (χ3v) is 4.04. The maximum absolute atomic E-state index is 13.2. The minimum absolute atomic E-state index is 0.0333. The molecule has 0 bridgehead atoms. The van der Waals surface area contributed by atoms with Gasteiger partial charge in [-0.05, 0) is 43.2 Å². The molecule has 0 amide bonds. The van der Waals surface area contributed by atoms with E-state index in [0.717, 1.165) is 6.42 Å². The van der Waals surface area contributed by atoms with Crippen molar-refractivity contribution < 1.29 is 8.78 Å². The molecular formula is C15H21F2N. The maximum Gasteiger partial charge on any atom is 0.248 e. The predicted octanol–water partition coefficient (Wildman–Crippen LogP) is 3.94. The van der Waals surface area contributed by atoms with E-state index in [-0.39, 0.29) is 12.8 Å². The first-order valence-electron chi connectivity index (χ1n) is 6.75. The topological polar surface area (TPSA) is 26.0 Å². The molecule has 100 valence electrons. The Morgan fingerprint density at radius 3 is 2.33 bits per heavy atom. The highest BCUT2D eigenvalue weighted by atomic mass is 19.3. The van der Waals surface area contributed by atoms with Crippen LogP contribution >= 0.6 is 0 Å². The Hall–Kier alpha value is -0.960. The van der Waals surface area contributed by atoms with Crippen molar-refractivity contribution in [3.05, 3.63) is 35.9 Å². The summed E-state index contributed by atoms with van der Waals surface area (Å²) in [6, 6.07) is 10.2. The van der Waals surface area contributed by atoms with Gasteiger partial charge in [-0.2, -0.15) is 0 Å². The molecule has 2 rings (SSSR count). The second-order valence-corrected chi connectivity index (χ2v) is 5.29. The van der Waals surface area contributed by atoms with Gasteiger partial charge in [0.2, 0.25) is 5.92 Å². The van der Waals surface area contributed by atoms with Gasteiger partial charge in [0.1, 0.15) is 0 Å². The lowest BCUT2D eigenvalue weighted by Gasteiger charge is -2.34. The SMILES string of the molecule is NCCC(c1ccccc1)C1CCC(F)(F)CC1. The summed E-state index contributed by atoms with van der Waals surface area (Å²) in [5.74, 6) is -1.75. The summed E-state index contributed by atoms with van der Waals surface area (Å²) in [5.41, 5.74) is 6.93. The minimum atomic E-state index is -2.44. The largest absolute Gasteiger partial charge is 0.330 e. The lowest BCUT2D eigenvalue weighted by atomic mass is 9.74. The molecule has 1 saturated carbocycles. The third kappa shape index (κ3) is 3.29. The van der Waals surface area contributed by atoms with Crippen LogP contribution in [0.4, 0.5) is 8.78 Å². The molecule has 0 aromatic heterocycles. The van der Waals surface area contributed by atoms with Crippen LogP contribution in [-0.2, 0) is 0 Å². The minimum Gasteiger partial charge on any atom is -0.330 e. The Bertz CT molecular complexity index is 354. The van der Waals surface area contributed by atoms with Crippen LogP contribution < -0.4 is 5.73 Å². The molecule has 1 fully saturated rings. The Morgan fingerprint density at radius 2 is 1.78 bits per heavy atom. The highest BCUT2D eigenvalue weighted by Gasteiger charge is 2.37. The molecule has 1 atom stereocenters. The number of nitrogens with two attached hydrogens (primary N) is 1. The van der Waals surface area contributed by atoms with Crippen LogP contribution in [0.5, 0.6) is 0 Å². The highest BCUT2D eigenvalue weighted by Crippen LogP contribution is 2.43. The van der Waals surface area contributed by atoms with Crippen molar-refractivity contribution in [3.8, 4) is 0 Å². The van der Waals surface area contributed by atoms with E-state index in [2.05, 4.69) is 12.1 Å². The predicted molar refractivity (Wildman–Crippen MR) is 69.8 cm³/mol. The van der Waals surface area contributed by atoms with E-state index in [4.69, 9.17) is 5.73 Å². The number of hydrogen-bond acceptors (Lipinski definition) is 1. The number of rotatable bonds is 4. The van der Waals surface area contributed by atoms with E-state index < -0.39 is 5.92 Å². The van der Waals surface area contributed by atoms with Gasteiger partial charge < -0.3 is 5.73 Å². The molecule has 0 spiro atoms. The van der Waals surface area contributed by atoms with Gasteiger partial charge in [0.25, 0.3) is 0 Å². The molecule has 0 saturated heterocycles. The third-order valence-electron chi connectivity index (χ3n) is 4.04. The van der Waals surface area contributed by atoms with Crippen LogP contribution in [0.25, 0.3) is 0 Å². The molecule has 18 heavy (non-hydrogen) atoms. The van der Waals surface area contributed by atoms with Gasteiger partial charge in [0, 0.05) is 12.8 Å².